The topological polar surface area (TPSA) is 69.7 Å². The van der Waals surface area contributed by atoms with Gasteiger partial charge >= 0.3 is 11.8 Å². The average molecular weight is 428 g/mol. The van der Waals surface area contributed by atoms with Crippen molar-refractivity contribution in [1.82, 2.24) is 10.2 Å². The molecule has 6 nitrogen and oxygen atoms in total. The summed E-state index contributed by atoms with van der Waals surface area (Å²) >= 11 is 0. The maximum Gasteiger partial charge on any atom is 0.316 e. The molecular weight excluding hydrogens is 402 g/mol. The first-order chi connectivity index (χ1) is 15.5. The minimum atomic E-state index is -0.520. The van der Waals surface area contributed by atoms with E-state index in [0.29, 0.717) is 25.2 Å². The molecule has 1 aliphatic rings. The van der Waals surface area contributed by atoms with Crippen LogP contribution in [0.5, 0.6) is 0 Å². The molecule has 1 aliphatic heterocycles. The number of nitrogens with one attached hydrogen (secondary N) is 1. The molecule has 0 bridgehead atoms. The van der Waals surface area contributed by atoms with E-state index in [1.807, 2.05) is 79.7 Å². The zero-order valence-corrected chi connectivity index (χ0v) is 17.9. The third kappa shape index (κ3) is 4.70. The Morgan fingerprint density at radius 2 is 1.47 bits per heavy atom. The zero-order chi connectivity index (χ0) is 22.5. The minimum absolute atomic E-state index is 0.104. The number of piperazine rings is 1. The van der Waals surface area contributed by atoms with Crippen LogP contribution < -0.4 is 10.2 Å². The van der Waals surface area contributed by atoms with Crippen LogP contribution in [0.25, 0.3) is 0 Å². The number of hydrogen-bond donors (Lipinski definition) is 1. The van der Waals surface area contributed by atoms with Gasteiger partial charge in [-0.05, 0) is 42.3 Å². The second kappa shape index (κ2) is 9.47. The molecule has 1 fully saturated rings. The molecule has 1 unspecified atom stereocenters. The number of carbonyl (C=O) groups excluding carboxylic acids is 3. The number of carbonyl (C=O) groups is 3. The molecule has 1 atom stereocenters. The summed E-state index contributed by atoms with van der Waals surface area (Å²) in [5, 5.41) is 2.99. The van der Waals surface area contributed by atoms with E-state index in [-0.39, 0.29) is 11.9 Å². The molecule has 0 radical (unpaired) electrons. The normalized spacial score (nSPS) is 14.9. The molecule has 1 N–H and O–H groups in total. The van der Waals surface area contributed by atoms with E-state index < -0.39 is 11.8 Å². The van der Waals surface area contributed by atoms with Crippen molar-refractivity contribution in [2.75, 3.05) is 18.0 Å². The number of para-hydroxylation sites is 1. The van der Waals surface area contributed by atoms with E-state index in [1.54, 1.807) is 17.0 Å². The fourth-order valence-electron chi connectivity index (χ4n) is 3.77. The maximum atomic E-state index is 12.6. The molecule has 1 heterocycles. The molecule has 6 heteroatoms. The number of amides is 3. The summed E-state index contributed by atoms with van der Waals surface area (Å²) in [6, 6.07) is 26.0. The summed E-state index contributed by atoms with van der Waals surface area (Å²) in [6.45, 7) is 3.18. The molecule has 162 valence electrons. The lowest BCUT2D eigenvalue weighted by Gasteiger charge is -2.33. The fraction of sp³-hybridized carbons (Fsp3) is 0.192. The zero-order valence-electron chi connectivity index (χ0n) is 17.9. The first-order valence-electron chi connectivity index (χ1n) is 10.6. The van der Waals surface area contributed by atoms with Gasteiger partial charge < -0.3 is 15.1 Å². The lowest BCUT2D eigenvalue weighted by atomic mass is 10.1. The monoisotopic (exact) mass is 427 g/mol. The fourth-order valence-corrected chi connectivity index (χ4v) is 3.77. The second-order valence-electron chi connectivity index (χ2n) is 7.82. The van der Waals surface area contributed by atoms with Crippen LogP contribution in [0.4, 0.5) is 5.69 Å². The van der Waals surface area contributed by atoms with Crippen molar-refractivity contribution < 1.29 is 14.4 Å². The number of hydrogen-bond acceptors (Lipinski definition) is 3. The Labute approximate surface area is 187 Å². The van der Waals surface area contributed by atoms with Gasteiger partial charge in [0.25, 0.3) is 5.91 Å². The van der Waals surface area contributed by atoms with Crippen LogP contribution in [0.3, 0.4) is 0 Å². The van der Waals surface area contributed by atoms with Crippen LogP contribution in [0.1, 0.15) is 34.5 Å². The average Bonchev–Trinajstić information content (AvgIpc) is 2.83. The van der Waals surface area contributed by atoms with Crippen LogP contribution in [0, 0.1) is 0 Å². The SMILES string of the molecule is CC(NC(=O)c1ccc(CN2CCN(c3ccccc3)C(=O)C2=O)cc1)c1ccccc1. The van der Waals surface area contributed by atoms with Crippen molar-refractivity contribution in [3.05, 3.63) is 102 Å². The molecule has 0 aliphatic carbocycles. The van der Waals surface area contributed by atoms with E-state index in [2.05, 4.69) is 5.32 Å². The summed E-state index contributed by atoms with van der Waals surface area (Å²) in [6.07, 6.45) is 0. The van der Waals surface area contributed by atoms with Crippen LogP contribution in [0.15, 0.2) is 84.9 Å². The van der Waals surface area contributed by atoms with Crippen LogP contribution in [0.2, 0.25) is 0 Å². The van der Waals surface area contributed by atoms with E-state index in [4.69, 9.17) is 0 Å². The number of anilines is 1. The summed E-state index contributed by atoms with van der Waals surface area (Å²) < 4.78 is 0. The first kappa shape index (κ1) is 21.3. The highest BCUT2D eigenvalue weighted by Crippen LogP contribution is 2.19. The van der Waals surface area contributed by atoms with Crippen LogP contribution in [-0.2, 0) is 16.1 Å². The Balaban J connectivity index is 1.36. The quantitative estimate of drug-likeness (QED) is 0.612. The molecule has 1 saturated heterocycles. The predicted molar refractivity (Wildman–Crippen MR) is 123 cm³/mol. The Morgan fingerprint density at radius 1 is 0.844 bits per heavy atom. The van der Waals surface area contributed by atoms with Gasteiger partial charge in [0.1, 0.15) is 0 Å². The molecule has 4 rings (SSSR count). The van der Waals surface area contributed by atoms with Crippen molar-refractivity contribution >= 4 is 23.4 Å². The summed E-state index contributed by atoms with van der Waals surface area (Å²) in [5.74, 6) is -1.19. The highest BCUT2D eigenvalue weighted by molar-refractivity contribution is 6.40. The van der Waals surface area contributed by atoms with Gasteiger partial charge in [-0.25, -0.2) is 0 Å². The highest BCUT2D eigenvalue weighted by Gasteiger charge is 2.33. The van der Waals surface area contributed by atoms with Gasteiger partial charge in [0.2, 0.25) is 0 Å². The number of nitrogens with zero attached hydrogens (tertiary/aromatic N) is 2. The van der Waals surface area contributed by atoms with E-state index in [1.165, 1.54) is 4.90 Å². The van der Waals surface area contributed by atoms with Gasteiger partial charge in [0.15, 0.2) is 0 Å². The Bertz CT molecular complexity index is 1100. The molecule has 3 amide bonds. The van der Waals surface area contributed by atoms with Gasteiger partial charge in [0.05, 0.1) is 6.04 Å². The molecule has 32 heavy (non-hydrogen) atoms. The maximum absolute atomic E-state index is 12.6. The van der Waals surface area contributed by atoms with E-state index >= 15 is 0 Å². The van der Waals surface area contributed by atoms with Gasteiger partial charge in [-0.3, -0.25) is 14.4 Å². The summed E-state index contributed by atoms with van der Waals surface area (Å²) in [7, 11) is 0. The molecule has 3 aromatic rings. The predicted octanol–water partition coefficient (Wildman–Crippen LogP) is 3.55. The van der Waals surface area contributed by atoms with Crippen molar-refractivity contribution in [2.24, 2.45) is 0 Å². The molecule has 0 spiro atoms. The third-order valence-corrected chi connectivity index (χ3v) is 5.61. The number of rotatable bonds is 6. The van der Waals surface area contributed by atoms with E-state index in [0.717, 1.165) is 16.8 Å². The summed E-state index contributed by atoms with van der Waals surface area (Å²) in [4.78, 5) is 40.8. The standard InChI is InChI=1S/C26H25N3O3/c1-19(21-8-4-2-5-9-21)27-24(30)22-14-12-20(13-15-22)18-28-16-17-29(26(32)25(28)31)23-10-6-3-7-11-23/h2-15,19H,16-18H2,1H3,(H,27,30). The largest absolute Gasteiger partial charge is 0.346 e. The van der Waals surface area contributed by atoms with Crippen LogP contribution in [-0.4, -0.2) is 35.7 Å². The summed E-state index contributed by atoms with van der Waals surface area (Å²) in [5.41, 5.74) is 3.18. The van der Waals surface area contributed by atoms with Crippen molar-refractivity contribution in [2.45, 2.75) is 19.5 Å². The molecular formula is C26H25N3O3. The van der Waals surface area contributed by atoms with Gasteiger partial charge in [-0.2, -0.15) is 0 Å². The van der Waals surface area contributed by atoms with Gasteiger partial charge in [0, 0.05) is 30.9 Å². The Morgan fingerprint density at radius 3 is 2.12 bits per heavy atom. The molecule has 3 aromatic carbocycles. The highest BCUT2D eigenvalue weighted by atomic mass is 16.2. The Kier molecular flexibility index (Phi) is 6.31. The van der Waals surface area contributed by atoms with Crippen molar-refractivity contribution in [1.29, 1.82) is 0 Å². The second-order valence-corrected chi connectivity index (χ2v) is 7.82. The van der Waals surface area contributed by atoms with Crippen molar-refractivity contribution in [3.8, 4) is 0 Å². The van der Waals surface area contributed by atoms with E-state index in [9.17, 15) is 14.4 Å². The lowest BCUT2D eigenvalue weighted by Crippen LogP contribution is -2.54. The lowest BCUT2D eigenvalue weighted by molar-refractivity contribution is -0.146. The molecule has 0 saturated carbocycles. The van der Waals surface area contributed by atoms with Crippen LogP contribution >= 0.6 is 0 Å². The third-order valence-electron chi connectivity index (χ3n) is 5.61. The van der Waals surface area contributed by atoms with Gasteiger partial charge in [-0.1, -0.05) is 60.7 Å². The number of benzene rings is 3. The minimum Gasteiger partial charge on any atom is -0.346 e. The van der Waals surface area contributed by atoms with Crippen molar-refractivity contribution in [3.63, 3.8) is 0 Å². The first-order valence-corrected chi connectivity index (χ1v) is 10.6. The smallest absolute Gasteiger partial charge is 0.316 e. The Hall–Kier alpha value is -3.93. The van der Waals surface area contributed by atoms with Gasteiger partial charge in [-0.15, -0.1) is 0 Å². The molecule has 0 aromatic heterocycles.